The van der Waals surface area contributed by atoms with Gasteiger partial charge in [-0.25, -0.2) is 4.98 Å². The van der Waals surface area contributed by atoms with E-state index >= 15 is 0 Å². The molecule has 1 amide bonds. The lowest BCUT2D eigenvalue weighted by Gasteiger charge is -2.03. The number of nitrogens with two attached hydrogens (primary N) is 1. The SMILES string of the molecule is Cc1ccc2oc(-c3ccc(OCC(N)=O)cc3)nc2c1. The second kappa shape index (κ2) is 5.28. The molecule has 0 aliphatic heterocycles. The second-order valence-electron chi connectivity index (χ2n) is 4.77. The zero-order valence-electron chi connectivity index (χ0n) is 11.5. The van der Waals surface area contributed by atoms with Crippen LogP contribution in [0, 0.1) is 6.92 Å². The Bertz CT molecular complexity index is 791. The Morgan fingerprint density at radius 2 is 2.00 bits per heavy atom. The van der Waals surface area contributed by atoms with Crippen LogP contribution in [0.15, 0.2) is 46.9 Å². The van der Waals surface area contributed by atoms with Gasteiger partial charge in [-0.3, -0.25) is 4.79 Å². The van der Waals surface area contributed by atoms with Crippen molar-refractivity contribution in [3.63, 3.8) is 0 Å². The first kappa shape index (κ1) is 13.2. The summed E-state index contributed by atoms with van der Waals surface area (Å²) in [5, 5.41) is 0. The number of aryl methyl sites for hydroxylation is 1. The van der Waals surface area contributed by atoms with E-state index in [-0.39, 0.29) is 6.61 Å². The summed E-state index contributed by atoms with van der Waals surface area (Å²) in [5.74, 6) is 0.620. The van der Waals surface area contributed by atoms with Gasteiger partial charge in [0.1, 0.15) is 11.3 Å². The van der Waals surface area contributed by atoms with Crippen LogP contribution in [-0.2, 0) is 4.79 Å². The Kier molecular flexibility index (Phi) is 3.31. The van der Waals surface area contributed by atoms with Crippen molar-refractivity contribution in [2.24, 2.45) is 5.73 Å². The maximum absolute atomic E-state index is 10.7. The fourth-order valence-corrected chi connectivity index (χ4v) is 2.01. The maximum Gasteiger partial charge on any atom is 0.255 e. The van der Waals surface area contributed by atoms with Crippen LogP contribution in [0.5, 0.6) is 5.75 Å². The number of amides is 1. The molecular weight excluding hydrogens is 268 g/mol. The van der Waals surface area contributed by atoms with Gasteiger partial charge in [-0.2, -0.15) is 0 Å². The van der Waals surface area contributed by atoms with Gasteiger partial charge in [0.25, 0.3) is 5.91 Å². The van der Waals surface area contributed by atoms with E-state index in [9.17, 15) is 4.79 Å². The van der Waals surface area contributed by atoms with E-state index in [4.69, 9.17) is 14.9 Å². The zero-order chi connectivity index (χ0) is 14.8. The van der Waals surface area contributed by atoms with Gasteiger partial charge in [-0.1, -0.05) is 6.07 Å². The molecule has 106 valence electrons. The average Bonchev–Trinajstić information content (AvgIpc) is 2.88. The summed E-state index contributed by atoms with van der Waals surface area (Å²) in [6.45, 7) is 1.88. The highest BCUT2D eigenvalue weighted by molar-refractivity contribution is 5.77. The molecule has 0 aliphatic rings. The average molecular weight is 282 g/mol. The lowest BCUT2D eigenvalue weighted by molar-refractivity contribution is -0.119. The van der Waals surface area contributed by atoms with Crippen molar-refractivity contribution in [1.82, 2.24) is 4.98 Å². The van der Waals surface area contributed by atoms with Gasteiger partial charge in [-0.05, 0) is 48.9 Å². The molecule has 0 bridgehead atoms. The number of fused-ring (bicyclic) bond motifs is 1. The normalized spacial score (nSPS) is 10.7. The lowest BCUT2D eigenvalue weighted by atomic mass is 10.2. The standard InChI is InChI=1S/C16H14N2O3/c1-10-2-7-14-13(8-10)18-16(21-14)11-3-5-12(6-4-11)20-9-15(17)19/h2-8H,9H2,1H3,(H2,17,19). The molecule has 0 atom stereocenters. The van der Waals surface area contributed by atoms with Gasteiger partial charge in [0.15, 0.2) is 12.2 Å². The molecule has 1 aromatic heterocycles. The largest absolute Gasteiger partial charge is 0.484 e. The van der Waals surface area contributed by atoms with Gasteiger partial charge in [0.2, 0.25) is 5.89 Å². The molecule has 21 heavy (non-hydrogen) atoms. The van der Waals surface area contributed by atoms with Gasteiger partial charge >= 0.3 is 0 Å². The summed E-state index contributed by atoms with van der Waals surface area (Å²) in [7, 11) is 0. The first-order valence-electron chi connectivity index (χ1n) is 6.50. The monoisotopic (exact) mass is 282 g/mol. The summed E-state index contributed by atoms with van der Waals surface area (Å²) in [6.07, 6.45) is 0. The number of benzene rings is 2. The van der Waals surface area contributed by atoms with Crippen molar-refractivity contribution in [2.75, 3.05) is 6.61 Å². The number of aromatic nitrogens is 1. The molecule has 0 saturated carbocycles. The number of rotatable bonds is 4. The predicted molar refractivity (Wildman–Crippen MR) is 78.9 cm³/mol. The van der Waals surface area contributed by atoms with Crippen molar-refractivity contribution in [3.05, 3.63) is 48.0 Å². The van der Waals surface area contributed by atoms with Crippen LogP contribution in [0.4, 0.5) is 0 Å². The van der Waals surface area contributed by atoms with Crippen LogP contribution in [0.2, 0.25) is 0 Å². The smallest absolute Gasteiger partial charge is 0.255 e. The van der Waals surface area contributed by atoms with Gasteiger partial charge in [0, 0.05) is 5.56 Å². The Morgan fingerprint density at radius 3 is 2.71 bits per heavy atom. The summed E-state index contributed by atoms with van der Waals surface area (Å²) in [6, 6.07) is 13.0. The molecule has 0 radical (unpaired) electrons. The highest BCUT2D eigenvalue weighted by Gasteiger charge is 2.08. The Labute approximate surface area is 121 Å². The maximum atomic E-state index is 10.7. The molecule has 2 aromatic carbocycles. The molecule has 2 N–H and O–H groups in total. The first-order chi connectivity index (χ1) is 10.1. The Hall–Kier alpha value is -2.82. The minimum atomic E-state index is -0.506. The molecule has 0 unspecified atom stereocenters. The zero-order valence-corrected chi connectivity index (χ0v) is 11.5. The van der Waals surface area contributed by atoms with Crippen molar-refractivity contribution >= 4 is 17.0 Å². The topological polar surface area (TPSA) is 78.4 Å². The first-order valence-corrected chi connectivity index (χ1v) is 6.50. The Morgan fingerprint density at radius 1 is 1.24 bits per heavy atom. The van der Waals surface area contributed by atoms with Crippen LogP contribution in [0.3, 0.4) is 0 Å². The number of carbonyl (C=O) groups excluding carboxylic acids is 1. The summed E-state index contributed by atoms with van der Waals surface area (Å²) >= 11 is 0. The van der Waals surface area contributed by atoms with Crippen LogP contribution in [-0.4, -0.2) is 17.5 Å². The van der Waals surface area contributed by atoms with Crippen molar-refractivity contribution < 1.29 is 13.9 Å². The fraction of sp³-hybridized carbons (Fsp3) is 0.125. The van der Waals surface area contributed by atoms with Crippen molar-refractivity contribution in [2.45, 2.75) is 6.92 Å². The predicted octanol–water partition coefficient (Wildman–Crippen LogP) is 2.67. The minimum Gasteiger partial charge on any atom is -0.484 e. The third-order valence-electron chi connectivity index (χ3n) is 3.03. The number of oxazole rings is 1. The number of primary amides is 1. The molecule has 3 aromatic rings. The third-order valence-corrected chi connectivity index (χ3v) is 3.03. The minimum absolute atomic E-state index is 0.137. The molecule has 0 saturated heterocycles. The van der Waals surface area contributed by atoms with Crippen molar-refractivity contribution in [1.29, 1.82) is 0 Å². The summed E-state index contributed by atoms with van der Waals surface area (Å²) in [5.41, 5.74) is 8.59. The molecule has 0 fully saturated rings. The molecular formula is C16H14N2O3. The van der Waals surface area contributed by atoms with E-state index in [1.807, 2.05) is 37.3 Å². The van der Waals surface area contributed by atoms with E-state index in [0.717, 1.165) is 22.2 Å². The molecule has 5 nitrogen and oxygen atoms in total. The molecule has 0 spiro atoms. The van der Waals surface area contributed by atoms with E-state index < -0.39 is 5.91 Å². The highest BCUT2D eigenvalue weighted by atomic mass is 16.5. The molecule has 0 aliphatic carbocycles. The van der Waals surface area contributed by atoms with Gasteiger partial charge < -0.3 is 14.9 Å². The number of hydrogen-bond donors (Lipinski definition) is 1. The number of nitrogens with zero attached hydrogens (tertiary/aromatic N) is 1. The molecule has 5 heteroatoms. The van der Waals surface area contributed by atoms with Crippen LogP contribution in [0.1, 0.15) is 5.56 Å². The molecule has 3 rings (SSSR count). The third kappa shape index (κ3) is 2.86. The van der Waals surface area contributed by atoms with Crippen LogP contribution in [0.25, 0.3) is 22.6 Å². The van der Waals surface area contributed by atoms with E-state index in [1.165, 1.54) is 0 Å². The van der Waals surface area contributed by atoms with E-state index in [1.54, 1.807) is 12.1 Å². The van der Waals surface area contributed by atoms with E-state index in [2.05, 4.69) is 4.98 Å². The van der Waals surface area contributed by atoms with E-state index in [0.29, 0.717) is 11.6 Å². The highest BCUT2D eigenvalue weighted by Crippen LogP contribution is 2.26. The summed E-state index contributed by atoms with van der Waals surface area (Å²) < 4.78 is 10.9. The van der Waals surface area contributed by atoms with Gasteiger partial charge in [0.05, 0.1) is 0 Å². The van der Waals surface area contributed by atoms with Crippen molar-refractivity contribution in [3.8, 4) is 17.2 Å². The lowest BCUT2D eigenvalue weighted by Crippen LogP contribution is -2.19. The number of hydrogen-bond acceptors (Lipinski definition) is 4. The summed E-state index contributed by atoms with van der Waals surface area (Å²) in [4.78, 5) is 15.1. The van der Waals surface area contributed by atoms with Crippen LogP contribution >= 0.6 is 0 Å². The number of ether oxygens (including phenoxy) is 1. The fourth-order valence-electron chi connectivity index (χ4n) is 2.01. The Balaban J connectivity index is 1.86. The number of carbonyl (C=O) groups is 1. The second-order valence-corrected chi connectivity index (χ2v) is 4.77. The quantitative estimate of drug-likeness (QED) is 0.798. The van der Waals surface area contributed by atoms with Gasteiger partial charge in [-0.15, -0.1) is 0 Å². The van der Waals surface area contributed by atoms with Crippen LogP contribution < -0.4 is 10.5 Å². The molecule has 1 heterocycles.